The van der Waals surface area contributed by atoms with Gasteiger partial charge >= 0.3 is 0 Å². The molecule has 0 N–H and O–H groups in total. The molecule has 2 aliphatic heterocycles. The summed E-state index contributed by atoms with van der Waals surface area (Å²) in [6, 6.07) is 2.08. The van der Waals surface area contributed by atoms with Crippen LogP contribution in [-0.2, 0) is 17.6 Å². The first-order valence-corrected chi connectivity index (χ1v) is 10.2. The number of fused-ring (bicyclic) bond motifs is 1. The maximum Gasteiger partial charge on any atom is 0.255 e. The van der Waals surface area contributed by atoms with Gasteiger partial charge in [0.1, 0.15) is 0 Å². The molecule has 4 rings (SSSR count). The van der Waals surface area contributed by atoms with Crippen LogP contribution in [0.1, 0.15) is 67.1 Å². The van der Waals surface area contributed by atoms with Crippen molar-refractivity contribution in [1.29, 1.82) is 0 Å². The van der Waals surface area contributed by atoms with Gasteiger partial charge in [-0.2, -0.15) is 0 Å². The van der Waals surface area contributed by atoms with Crippen LogP contribution in [-0.4, -0.2) is 52.8 Å². The average molecular weight is 355 g/mol. The van der Waals surface area contributed by atoms with Gasteiger partial charge in [-0.05, 0) is 68.9 Å². The number of hydrogen-bond acceptors (Lipinski definition) is 3. The molecule has 3 aliphatic rings. The van der Waals surface area contributed by atoms with Crippen LogP contribution >= 0.6 is 0 Å². The molecule has 5 heteroatoms. The van der Waals surface area contributed by atoms with Crippen LogP contribution in [0.4, 0.5) is 0 Å². The minimum atomic E-state index is 0.125. The van der Waals surface area contributed by atoms with Crippen molar-refractivity contribution in [2.24, 2.45) is 5.41 Å². The van der Waals surface area contributed by atoms with Crippen LogP contribution in [0.25, 0.3) is 0 Å². The Morgan fingerprint density at radius 3 is 2.69 bits per heavy atom. The summed E-state index contributed by atoms with van der Waals surface area (Å²) >= 11 is 0. The summed E-state index contributed by atoms with van der Waals surface area (Å²) in [5.74, 6) is 0.414. The van der Waals surface area contributed by atoms with E-state index in [0.717, 1.165) is 63.8 Å². The monoisotopic (exact) mass is 355 g/mol. The van der Waals surface area contributed by atoms with Crippen molar-refractivity contribution in [1.82, 2.24) is 14.8 Å². The Balaban J connectivity index is 1.41. The number of rotatable bonds is 2. The van der Waals surface area contributed by atoms with Gasteiger partial charge in [-0.15, -0.1) is 0 Å². The summed E-state index contributed by atoms with van der Waals surface area (Å²) in [4.78, 5) is 33.5. The molecule has 0 atom stereocenters. The highest BCUT2D eigenvalue weighted by molar-refractivity contribution is 5.94. The van der Waals surface area contributed by atoms with Gasteiger partial charge in [0.15, 0.2) is 0 Å². The van der Waals surface area contributed by atoms with E-state index in [9.17, 15) is 9.59 Å². The predicted molar refractivity (Wildman–Crippen MR) is 99.9 cm³/mol. The van der Waals surface area contributed by atoms with Gasteiger partial charge in [0.25, 0.3) is 5.91 Å². The molecule has 2 saturated heterocycles. The number of carbonyl (C=O) groups excluding carboxylic acids is 2. The number of amides is 2. The lowest BCUT2D eigenvalue weighted by Crippen LogP contribution is -2.52. The molecule has 1 aromatic heterocycles. The third-order valence-electron chi connectivity index (χ3n) is 6.66. The Bertz CT molecular complexity index is 707. The molecule has 0 radical (unpaired) electrons. The number of pyridine rings is 1. The number of likely N-dealkylation sites (tertiary alicyclic amines) is 2. The van der Waals surface area contributed by atoms with Crippen LogP contribution in [0.5, 0.6) is 0 Å². The highest BCUT2D eigenvalue weighted by atomic mass is 16.2. The summed E-state index contributed by atoms with van der Waals surface area (Å²) in [5, 5.41) is 0. The third-order valence-corrected chi connectivity index (χ3v) is 6.66. The van der Waals surface area contributed by atoms with Crippen molar-refractivity contribution >= 4 is 11.8 Å². The Hall–Kier alpha value is -1.91. The summed E-state index contributed by atoms with van der Waals surface area (Å²) < 4.78 is 0. The molecule has 1 aromatic rings. The fourth-order valence-corrected chi connectivity index (χ4v) is 4.87. The molecule has 2 amide bonds. The number of carbonyl (C=O) groups is 2. The summed E-state index contributed by atoms with van der Waals surface area (Å²) in [6.45, 7) is 5.30. The molecule has 0 saturated carbocycles. The van der Waals surface area contributed by atoms with E-state index in [1.165, 1.54) is 24.1 Å². The van der Waals surface area contributed by atoms with Crippen molar-refractivity contribution in [2.75, 3.05) is 26.2 Å². The number of hydrogen-bond donors (Lipinski definition) is 0. The van der Waals surface area contributed by atoms with E-state index < -0.39 is 0 Å². The summed E-state index contributed by atoms with van der Waals surface area (Å²) in [7, 11) is 0. The van der Waals surface area contributed by atoms with Crippen molar-refractivity contribution in [3.05, 3.63) is 29.1 Å². The minimum absolute atomic E-state index is 0.125. The number of aromatic nitrogens is 1. The van der Waals surface area contributed by atoms with Crippen LogP contribution < -0.4 is 0 Å². The molecular formula is C21H29N3O2. The number of nitrogens with zero attached hydrogens (tertiary/aromatic N) is 3. The summed E-state index contributed by atoms with van der Waals surface area (Å²) in [5.41, 5.74) is 3.40. The first-order valence-electron chi connectivity index (χ1n) is 10.2. The molecule has 0 bridgehead atoms. The smallest absolute Gasteiger partial charge is 0.255 e. The normalized spacial score (nSPS) is 22.4. The maximum atomic E-state index is 13.0. The number of aryl methyl sites for hydroxylation is 2. The van der Waals surface area contributed by atoms with E-state index in [1.807, 2.05) is 9.80 Å². The first kappa shape index (κ1) is 17.5. The third kappa shape index (κ3) is 3.24. The van der Waals surface area contributed by atoms with Crippen molar-refractivity contribution in [2.45, 2.75) is 58.3 Å². The van der Waals surface area contributed by atoms with Gasteiger partial charge in [0, 0.05) is 44.5 Å². The molecule has 0 unspecified atom stereocenters. The molecule has 3 heterocycles. The molecule has 2 fully saturated rings. The Kier molecular flexibility index (Phi) is 4.72. The molecule has 0 aromatic carbocycles. The minimum Gasteiger partial charge on any atom is -0.342 e. The first-order chi connectivity index (χ1) is 12.6. The highest BCUT2D eigenvalue weighted by Crippen LogP contribution is 2.40. The molecule has 140 valence electrons. The lowest BCUT2D eigenvalue weighted by atomic mass is 9.72. The van der Waals surface area contributed by atoms with E-state index in [-0.39, 0.29) is 17.2 Å². The van der Waals surface area contributed by atoms with Gasteiger partial charge in [0.2, 0.25) is 5.91 Å². The van der Waals surface area contributed by atoms with Crippen molar-refractivity contribution < 1.29 is 9.59 Å². The lowest BCUT2D eigenvalue weighted by molar-refractivity contribution is -0.138. The van der Waals surface area contributed by atoms with Gasteiger partial charge in [0.05, 0.1) is 5.56 Å². The molecular weight excluding hydrogens is 326 g/mol. The topological polar surface area (TPSA) is 53.5 Å². The fourth-order valence-electron chi connectivity index (χ4n) is 4.87. The van der Waals surface area contributed by atoms with Gasteiger partial charge in [-0.3, -0.25) is 14.6 Å². The average Bonchev–Trinajstić information content (AvgIpc) is 2.69. The van der Waals surface area contributed by atoms with Gasteiger partial charge < -0.3 is 9.80 Å². The zero-order valence-electron chi connectivity index (χ0n) is 15.8. The molecule has 5 nitrogen and oxygen atoms in total. The van der Waals surface area contributed by atoms with E-state index in [1.54, 1.807) is 6.20 Å². The van der Waals surface area contributed by atoms with Crippen LogP contribution in [0.3, 0.4) is 0 Å². The largest absolute Gasteiger partial charge is 0.342 e. The second-order valence-corrected chi connectivity index (χ2v) is 8.24. The quantitative estimate of drug-likeness (QED) is 0.820. The fraction of sp³-hybridized carbons (Fsp3) is 0.667. The van der Waals surface area contributed by atoms with E-state index >= 15 is 0 Å². The standard InChI is InChI=1S/C21H29N3O2/c1-2-23-15-21(8-7-19(23)25)9-11-24(12-10-21)20(26)17-13-16-5-3-4-6-18(16)22-14-17/h13-14H,2-12,15H2,1H3. The van der Waals surface area contributed by atoms with Crippen LogP contribution in [0, 0.1) is 5.41 Å². The molecule has 1 spiro atoms. The van der Waals surface area contributed by atoms with Gasteiger partial charge in [-0.25, -0.2) is 0 Å². The summed E-state index contributed by atoms with van der Waals surface area (Å²) in [6.07, 6.45) is 9.91. The Morgan fingerprint density at radius 2 is 1.92 bits per heavy atom. The SMILES string of the molecule is CCN1CC2(CCC1=O)CCN(C(=O)c1cnc3c(c1)CCCC3)CC2. The van der Waals surface area contributed by atoms with Crippen LogP contribution in [0.15, 0.2) is 12.3 Å². The van der Waals surface area contributed by atoms with Crippen molar-refractivity contribution in [3.8, 4) is 0 Å². The van der Waals surface area contributed by atoms with E-state index in [2.05, 4.69) is 18.0 Å². The zero-order chi connectivity index (χ0) is 18.1. The van der Waals surface area contributed by atoms with Gasteiger partial charge in [-0.1, -0.05) is 0 Å². The highest BCUT2D eigenvalue weighted by Gasteiger charge is 2.41. The van der Waals surface area contributed by atoms with Crippen molar-refractivity contribution in [3.63, 3.8) is 0 Å². The lowest BCUT2D eigenvalue weighted by Gasteiger charge is -2.47. The second kappa shape index (κ2) is 7.01. The Morgan fingerprint density at radius 1 is 1.15 bits per heavy atom. The maximum absolute atomic E-state index is 13.0. The van der Waals surface area contributed by atoms with E-state index in [4.69, 9.17) is 0 Å². The second-order valence-electron chi connectivity index (χ2n) is 8.24. The number of piperidine rings is 2. The van der Waals surface area contributed by atoms with Crippen LogP contribution in [0.2, 0.25) is 0 Å². The zero-order valence-corrected chi connectivity index (χ0v) is 15.8. The Labute approximate surface area is 155 Å². The predicted octanol–water partition coefficient (Wildman–Crippen LogP) is 2.83. The molecule has 26 heavy (non-hydrogen) atoms. The molecule has 1 aliphatic carbocycles. The van der Waals surface area contributed by atoms with E-state index in [0.29, 0.717) is 6.42 Å².